The number of hydrogen-bond donors (Lipinski definition) is 1. The van der Waals surface area contributed by atoms with Gasteiger partial charge >= 0.3 is 0 Å². The van der Waals surface area contributed by atoms with Crippen LogP contribution in [0, 0.1) is 11.3 Å². The van der Waals surface area contributed by atoms with E-state index in [1.165, 1.54) is 6.20 Å². The number of carbonyl (C=O) groups is 1. The molecule has 0 bridgehead atoms. The van der Waals surface area contributed by atoms with Crippen molar-refractivity contribution in [2.24, 2.45) is 0 Å². The Labute approximate surface area is 144 Å². The van der Waals surface area contributed by atoms with Gasteiger partial charge in [0.2, 0.25) is 0 Å². The average Bonchev–Trinajstić information content (AvgIpc) is 3.30. The number of aromatic nitrogens is 4. The quantitative estimate of drug-likeness (QED) is 0.780. The second kappa shape index (κ2) is 5.91. The van der Waals surface area contributed by atoms with Crippen LogP contribution in [0.25, 0.3) is 11.4 Å². The van der Waals surface area contributed by atoms with Crippen molar-refractivity contribution in [3.63, 3.8) is 0 Å². The summed E-state index contributed by atoms with van der Waals surface area (Å²) >= 11 is 0. The first-order chi connectivity index (χ1) is 12.2. The highest BCUT2D eigenvalue weighted by atomic mass is 16.2. The number of carbonyl (C=O) groups excluding carboxylic acids is 1. The van der Waals surface area contributed by atoms with Crippen LogP contribution in [0.1, 0.15) is 34.8 Å². The van der Waals surface area contributed by atoms with Crippen LogP contribution in [0.5, 0.6) is 0 Å². The second-order valence-corrected chi connectivity index (χ2v) is 5.97. The molecule has 4 rings (SSSR count). The number of nitrogens with zero attached hydrogens (tertiary/aromatic N) is 5. The van der Waals surface area contributed by atoms with Crippen LogP contribution in [-0.4, -0.2) is 37.1 Å². The summed E-state index contributed by atoms with van der Waals surface area (Å²) in [6.45, 7) is 3.09. The van der Waals surface area contributed by atoms with Gasteiger partial charge in [0.25, 0.3) is 5.91 Å². The molecule has 1 aromatic carbocycles. The molecule has 3 heterocycles. The first kappa shape index (κ1) is 15.1. The van der Waals surface area contributed by atoms with E-state index in [4.69, 9.17) is 5.26 Å². The van der Waals surface area contributed by atoms with Gasteiger partial charge in [-0.3, -0.25) is 4.79 Å². The van der Waals surface area contributed by atoms with E-state index in [1.54, 1.807) is 11.0 Å². The van der Waals surface area contributed by atoms with Crippen molar-refractivity contribution < 1.29 is 4.79 Å². The van der Waals surface area contributed by atoms with E-state index in [2.05, 4.69) is 15.1 Å². The van der Waals surface area contributed by atoms with Crippen LogP contribution in [0.4, 0.5) is 0 Å². The first-order valence-electron chi connectivity index (χ1n) is 8.07. The van der Waals surface area contributed by atoms with E-state index in [0.29, 0.717) is 30.2 Å². The summed E-state index contributed by atoms with van der Waals surface area (Å²) in [5.74, 6) is 1.30. The predicted molar refractivity (Wildman–Crippen MR) is 90.4 cm³/mol. The fraction of sp³-hybridized carbons (Fsp3) is 0.222. The molecule has 7 nitrogen and oxygen atoms in total. The third kappa shape index (κ3) is 2.58. The van der Waals surface area contributed by atoms with E-state index in [1.807, 2.05) is 48.0 Å². The summed E-state index contributed by atoms with van der Waals surface area (Å²) in [5, 5.41) is 13.5. The van der Waals surface area contributed by atoms with Gasteiger partial charge in [0, 0.05) is 18.3 Å². The van der Waals surface area contributed by atoms with Gasteiger partial charge in [0.1, 0.15) is 17.6 Å². The molecule has 1 atom stereocenters. The molecular weight excluding hydrogens is 316 g/mol. The van der Waals surface area contributed by atoms with E-state index < -0.39 is 0 Å². The average molecular weight is 332 g/mol. The van der Waals surface area contributed by atoms with Gasteiger partial charge in [-0.25, -0.2) is 9.67 Å². The van der Waals surface area contributed by atoms with Crippen LogP contribution >= 0.6 is 0 Å². The molecule has 124 valence electrons. The molecule has 0 saturated heterocycles. The Kier molecular flexibility index (Phi) is 3.58. The Morgan fingerprint density at radius 1 is 1.32 bits per heavy atom. The summed E-state index contributed by atoms with van der Waals surface area (Å²) in [6.07, 6.45) is 1.54. The summed E-state index contributed by atoms with van der Waals surface area (Å²) in [5.41, 5.74) is 1.82. The van der Waals surface area contributed by atoms with Crippen LogP contribution in [0.2, 0.25) is 0 Å². The maximum Gasteiger partial charge on any atom is 0.270 e. The minimum Gasteiger partial charge on any atom is -0.356 e. The molecule has 0 radical (unpaired) electrons. The molecule has 1 amide bonds. The minimum absolute atomic E-state index is 0.135. The SMILES string of the molecule is C[C@H]1c2nc(-c3ccccc3)nn2CCN1C(=O)c1cc(C#N)c[nH]1. The first-order valence-corrected chi connectivity index (χ1v) is 8.07. The molecule has 0 spiro atoms. The van der Waals surface area contributed by atoms with Gasteiger partial charge in [0.15, 0.2) is 5.82 Å². The smallest absolute Gasteiger partial charge is 0.270 e. The van der Waals surface area contributed by atoms with Crippen LogP contribution in [-0.2, 0) is 6.54 Å². The standard InChI is InChI=1S/C18H16N6O/c1-12-17-21-16(14-5-3-2-4-6-14)22-24(17)8-7-23(12)18(25)15-9-13(10-19)11-20-15/h2-6,9,11-12,20H,7-8H2,1H3/t12-/m0/s1. The van der Waals surface area contributed by atoms with Gasteiger partial charge < -0.3 is 9.88 Å². The number of aromatic amines is 1. The number of rotatable bonds is 2. The molecule has 25 heavy (non-hydrogen) atoms. The highest BCUT2D eigenvalue weighted by Gasteiger charge is 2.31. The Balaban J connectivity index is 1.63. The van der Waals surface area contributed by atoms with Crippen molar-refractivity contribution in [1.82, 2.24) is 24.6 Å². The predicted octanol–water partition coefficient (Wildman–Crippen LogP) is 2.36. The molecule has 0 saturated carbocycles. The lowest BCUT2D eigenvalue weighted by molar-refractivity contribution is 0.0625. The third-order valence-electron chi connectivity index (χ3n) is 4.43. The summed E-state index contributed by atoms with van der Waals surface area (Å²) < 4.78 is 1.87. The molecule has 1 aliphatic rings. The van der Waals surface area contributed by atoms with Crippen LogP contribution in [0.3, 0.4) is 0 Å². The number of fused-ring (bicyclic) bond motifs is 1. The van der Waals surface area contributed by atoms with Gasteiger partial charge in [-0.05, 0) is 13.0 Å². The van der Waals surface area contributed by atoms with Crippen LogP contribution in [0.15, 0.2) is 42.6 Å². The number of hydrogen-bond acceptors (Lipinski definition) is 4. The minimum atomic E-state index is -0.194. The molecular formula is C18H16N6O. The fourth-order valence-corrected chi connectivity index (χ4v) is 3.09. The molecule has 2 aromatic heterocycles. The van der Waals surface area contributed by atoms with Gasteiger partial charge in [0.05, 0.1) is 18.2 Å². The number of nitriles is 1. The summed E-state index contributed by atoms with van der Waals surface area (Å²) in [7, 11) is 0. The van der Waals surface area contributed by atoms with Crippen LogP contribution < -0.4 is 0 Å². The lowest BCUT2D eigenvalue weighted by Gasteiger charge is -2.32. The zero-order valence-corrected chi connectivity index (χ0v) is 13.7. The van der Waals surface area contributed by atoms with E-state index in [0.717, 1.165) is 11.4 Å². The summed E-state index contributed by atoms with van der Waals surface area (Å²) in [6, 6.07) is 13.2. The van der Waals surface area contributed by atoms with Crippen molar-refractivity contribution >= 4 is 5.91 Å². The number of amides is 1. The van der Waals surface area contributed by atoms with Gasteiger partial charge in [-0.1, -0.05) is 30.3 Å². The molecule has 1 N–H and O–H groups in total. The lowest BCUT2D eigenvalue weighted by Crippen LogP contribution is -2.41. The van der Waals surface area contributed by atoms with Gasteiger partial charge in [-0.2, -0.15) is 10.4 Å². The molecule has 0 unspecified atom stereocenters. The maximum atomic E-state index is 12.8. The zero-order chi connectivity index (χ0) is 17.4. The lowest BCUT2D eigenvalue weighted by atomic mass is 10.2. The molecule has 3 aromatic rings. The van der Waals surface area contributed by atoms with Crippen molar-refractivity contribution in [2.75, 3.05) is 6.54 Å². The van der Waals surface area contributed by atoms with Crippen molar-refractivity contribution in [2.45, 2.75) is 19.5 Å². The van der Waals surface area contributed by atoms with E-state index in [9.17, 15) is 4.79 Å². The third-order valence-corrected chi connectivity index (χ3v) is 4.43. The normalized spacial score (nSPS) is 16.3. The topological polar surface area (TPSA) is 90.6 Å². The molecule has 7 heteroatoms. The number of benzene rings is 1. The Bertz CT molecular complexity index is 965. The molecule has 1 aliphatic heterocycles. The van der Waals surface area contributed by atoms with Crippen molar-refractivity contribution in [3.8, 4) is 17.5 Å². The highest BCUT2D eigenvalue weighted by molar-refractivity contribution is 5.93. The van der Waals surface area contributed by atoms with Crippen molar-refractivity contribution in [3.05, 3.63) is 59.7 Å². The largest absolute Gasteiger partial charge is 0.356 e. The van der Waals surface area contributed by atoms with Gasteiger partial charge in [-0.15, -0.1) is 0 Å². The fourth-order valence-electron chi connectivity index (χ4n) is 3.09. The Morgan fingerprint density at radius 3 is 2.84 bits per heavy atom. The zero-order valence-electron chi connectivity index (χ0n) is 13.7. The van der Waals surface area contributed by atoms with Crippen molar-refractivity contribution in [1.29, 1.82) is 5.26 Å². The Morgan fingerprint density at radius 2 is 2.12 bits per heavy atom. The second-order valence-electron chi connectivity index (χ2n) is 5.97. The summed E-state index contributed by atoms with van der Waals surface area (Å²) in [4.78, 5) is 22.0. The maximum absolute atomic E-state index is 12.8. The number of H-pyrrole nitrogens is 1. The number of nitrogens with one attached hydrogen (secondary N) is 1. The van der Waals surface area contributed by atoms with E-state index >= 15 is 0 Å². The molecule has 0 fully saturated rings. The van der Waals surface area contributed by atoms with E-state index in [-0.39, 0.29) is 11.9 Å². The Hall–Kier alpha value is -3.40. The monoisotopic (exact) mass is 332 g/mol. The molecule has 0 aliphatic carbocycles. The highest BCUT2D eigenvalue weighted by Crippen LogP contribution is 2.27.